The summed E-state index contributed by atoms with van der Waals surface area (Å²) in [5.41, 5.74) is 0.0273. The van der Waals surface area contributed by atoms with Crippen molar-refractivity contribution < 1.29 is 9.53 Å². The van der Waals surface area contributed by atoms with Crippen LogP contribution in [-0.4, -0.2) is 36.5 Å². The van der Waals surface area contributed by atoms with Crippen LogP contribution >= 0.6 is 15.9 Å². The first-order valence-electron chi connectivity index (χ1n) is 9.73. The molecule has 28 heavy (non-hydrogen) atoms. The van der Waals surface area contributed by atoms with Crippen molar-refractivity contribution in [1.29, 1.82) is 0 Å². The largest absolute Gasteiger partial charge is 0.462 e. The first-order chi connectivity index (χ1) is 13.3. The molecule has 1 N–H and O–H groups in total. The normalized spacial score (nSPS) is 12.4. The minimum Gasteiger partial charge on any atom is -0.462 e. The zero-order valence-electron chi connectivity index (χ0n) is 16.8. The number of nitrogens with one attached hydrogen (secondary N) is 1. The molecule has 0 fully saturated rings. The van der Waals surface area contributed by atoms with Gasteiger partial charge < -0.3 is 9.30 Å². The van der Waals surface area contributed by atoms with Crippen molar-refractivity contribution in [2.24, 2.45) is 14.1 Å². The molecule has 2 heterocycles. The minimum atomic E-state index is -0.446. The van der Waals surface area contributed by atoms with Gasteiger partial charge in [0, 0.05) is 32.8 Å². The molecule has 0 bridgehead atoms. The fourth-order valence-corrected chi connectivity index (χ4v) is 3.80. The van der Waals surface area contributed by atoms with E-state index in [2.05, 4.69) is 25.9 Å². The highest BCUT2D eigenvalue weighted by Gasteiger charge is 2.14. The van der Waals surface area contributed by atoms with E-state index in [0.29, 0.717) is 16.5 Å². The van der Waals surface area contributed by atoms with Gasteiger partial charge in [0.05, 0.1) is 0 Å². The molecule has 0 saturated heterocycles. The molecule has 1 unspecified atom stereocenters. The quantitative estimate of drug-likeness (QED) is 0.318. The van der Waals surface area contributed by atoms with Crippen LogP contribution in [0.25, 0.3) is 11.2 Å². The molecular weight excluding hydrogens is 428 g/mol. The van der Waals surface area contributed by atoms with E-state index < -0.39 is 11.2 Å². The number of imidazole rings is 1. The molecule has 0 aliphatic carbocycles. The molecule has 0 aliphatic rings. The minimum absolute atomic E-state index is 0.0332. The lowest BCUT2D eigenvalue weighted by atomic mass is 10.1. The number of halogens is 1. The summed E-state index contributed by atoms with van der Waals surface area (Å²) < 4.78 is 8.37. The number of hydrogen-bond acceptors (Lipinski definition) is 5. The Hall–Kier alpha value is -1.90. The number of aromatic nitrogens is 4. The molecule has 9 heteroatoms. The zero-order chi connectivity index (χ0) is 20.7. The Labute approximate surface area is 172 Å². The Morgan fingerprint density at radius 1 is 1.11 bits per heavy atom. The molecule has 0 amide bonds. The van der Waals surface area contributed by atoms with Gasteiger partial charge in [0.2, 0.25) is 0 Å². The van der Waals surface area contributed by atoms with Gasteiger partial charge >= 0.3 is 11.7 Å². The number of alkyl halides is 1. The lowest BCUT2D eigenvalue weighted by Crippen LogP contribution is -2.29. The highest BCUT2D eigenvalue weighted by atomic mass is 79.9. The van der Waals surface area contributed by atoms with Crippen molar-refractivity contribution in [3.63, 3.8) is 0 Å². The van der Waals surface area contributed by atoms with Gasteiger partial charge in [-0.05, 0) is 19.3 Å². The molecule has 156 valence electrons. The number of H-pyrrole nitrogens is 1. The molecule has 0 aliphatic heterocycles. The third kappa shape index (κ3) is 5.80. The number of rotatable bonds is 11. The van der Waals surface area contributed by atoms with Crippen LogP contribution in [0.1, 0.15) is 57.7 Å². The summed E-state index contributed by atoms with van der Waals surface area (Å²) in [6.45, 7) is 1.44. The molecule has 8 nitrogen and oxygen atoms in total. The number of fused-ring (bicyclic) bond motifs is 1. The van der Waals surface area contributed by atoms with E-state index >= 15 is 0 Å². The monoisotopic (exact) mass is 456 g/mol. The van der Waals surface area contributed by atoms with Crippen LogP contribution in [0.2, 0.25) is 0 Å². The predicted molar refractivity (Wildman–Crippen MR) is 112 cm³/mol. The summed E-state index contributed by atoms with van der Waals surface area (Å²) in [5, 5.41) is 0.680. The maximum absolute atomic E-state index is 12.0. The molecular formula is C19H29BrN4O4. The number of esters is 1. The van der Waals surface area contributed by atoms with Crippen LogP contribution in [0.5, 0.6) is 0 Å². The molecule has 2 aromatic heterocycles. The third-order valence-corrected chi connectivity index (χ3v) is 5.63. The third-order valence-electron chi connectivity index (χ3n) is 4.91. The summed E-state index contributed by atoms with van der Waals surface area (Å²) in [7, 11) is 3.42. The number of aryl methyl sites for hydroxylation is 3. The lowest BCUT2D eigenvalue weighted by molar-refractivity contribution is -0.145. The van der Waals surface area contributed by atoms with Crippen molar-refractivity contribution in [2.45, 2.75) is 64.4 Å². The van der Waals surface area contributed by atoms with E-state index in [1.807, 2.05) is 7.05 Å². The number of carbonyl (C=O) groups is 1. The summed E-state index contributed by atoms with van der Waals surface area (Å²) >= 11 is 3.38. The Balaban J connectivity index is 1.73. The van der Waals surface area contributed by atoms with E-state index in [-0.39, 0.29) is 12.1 Å². The van der Waals surface area contributed by atoms with Gasteiger partial charge in [0.15, 0.2) is 11.2 Å². The molecule has 0 spiro atoms. The van der Waals surface area contributed by atoms with Crippen molar-refractivity contribution in [3.8, 4) is 0 Å². The van der Waals surface area contributed by atoms with Crippen LogP contribution in [0, 0.1) is 0 Å². The fraction of sp³-hybridized carbons (Fsp3) is 0.684. The number of ether oxygens (including phenoxy) is 1. The van der Waals surface area contributed by atoms with Gasteiger partial charge in [-0.25, -0.2) is 9.78 Å². The van der Waals surface area contributed by atoms with E-state index in [1.54, 1.807) is 11.6 Å². The number of hydrogen-bond donors (Lipinski definition) is 1. The Morgan fingerprint density at radius 3 is 2.39 bits per heavy atom. The lowest BCUT2D eigenvalue weighted by Gasteiger charge is -2.13. The second-order valence-electron chi connectivity index (χ2n) is 7.12. The summed E-state index contributed by atoms with van der Waals surface area (Å²) in [4.78, 5) is 41.5. The van der Waals surface area contributed by atoms with E-state index in [9.17, 15) is 14.4 Å². The second-order valence-corrected chi connectivity index (χ2v) is 7.77. The van der Waals surface area contributed by atoms with E-state index in [0.717, 1.165) is 57.2 Å². The average molecular weight is 457 g/mol. The van der Waals surface area contributed by atoms with Gasteiger partial charge in [-0.1, -0.05) is 41.6 Å². The van der Waals surface area contributed by atoms with Crippen LogP contribution in [0.3, 0.4) is 0 Å². The Morgan fingerprint density at radius 2 is 1.75 bits per heavy atom. The van der Waals surface area contributed by atoms with Gasteiger partial charge in [-0.15, -0.1) is 0 Å². The number of aromatic amines is 1. The first kappa shape index (κ1) is 22.4. The number of nitrogens with zero attached hydrogens (tertiary/aromatic N) is 3. The topological polar surface area (TPSA) is 99.0 Å². The van der Waals surface area contributed by atoms with Gasteiger partial charge in [-0.3, -0.25) is 19.1 Å². The number of carbonyl (C=O) groups excluding carboxylic acids is 1. The van der Waals surface area contributed by atoms with Crippen molar-refractivity contribution in [3.05, 3.63) is 26.7 Å². The molecule has 2 aromatic rings. The molecule has 0 aromatic carbocycles. The van der Waals surface area contributed by atoms with Crippen molar-refractivity contribution in [2.75, 3.05) is 5.33 Å². The second kappa shape index (κ2) is 10.6. The van der Waals surface area contributed by atoms with Crippen molar-refractivity contribution >= 4 is 33.1 Å². The average Bonchev–Trinajstić information content (AvgIpc) is 2.97. The van der Waals surface area contributed by atoms with Crippen LogP contribution in [-0.2, 0) is 30.0 Å². The molecule has 0 saturated carbocycles. The van der Waals surface area contributed by atoms with E-state index in [4.69, 9.17) is 4.74 Å². The summed E-state index contributed by atoms with van der Waals surface area (Å²) in [6, 6.07) is 0. The molecule has 1 atom stereocenters. The molecule has 0 radical (unpaired) electrons. The van der Waals surface area contributed by atoms with Gasteiger partial charge in [0.25, 0.3) is 5.56 Å². The highest BCUT2D eigenvalue weighted by molar-refractivity contribution is 9.09. The first-order valence-corrected chi connectivity index (χ1v) is 10.8. The van der Waals surface area contributed by atoms with Crippen molar-refractivity contribution in [1.82, 2.24) is 19.1 Å². The maximum Gasteiger partial charge on any atom is 0.329 e. The van der Waals surface area contributed by atoms with E-state index in [1.165, 1.54) is 11.5 Å². The Kier molecular flexibility index (Phi) is 8.47. The van der Waals surface area contributed by atoms with Gasteiger partial charge in [-0.2, -0.15) is 0 Å². The van der Waals surface area contributed by atoms with Crippen LogP contribution < -0.4 is 11.2 Å². The van der Waals surface area contributed by atoms with Crippen LogP contribution in [0.4, 0.5) is 0 Å². The summed E-state index contributed by atoms with van der Waals surface area (Å²) in [6.07, 6.45) is 8.15. The predicted octanol–water partition coefficient (Wildman–Crippen LogP) is 2.56. The fourth-order valence-electron chi connectivity index (χ4n) is 3.34. The SMILES string of the molecule is CC(=O)OC(CBr)CCCCCCCCc1nc2c(c(=O)[nH]c(=O)n2C)n1C. The smallest absolute Gasteiger partial charge is 0.329 e. The van der Waals surface area contributed by atoms with Crippen LogP contribution in [0.15, 0.2) is 9.59 Å². The zero-order valence-corrected chi connectivity index (χ0v) is 18.4. The summed E-state index contributed by atoms with van der Waals surface area (Å²) in [5.74, 6) is 0.594. The highest BCUT2D eigenvalue weighted by Crippen LogP contribution is 2.15. The Bertz CT molecular complexity index is 915. The van der Waals surface area contributed by atoms with Gasteiger partial charge in [0.1, 0.15) is 11.9 Å². The number of unbranched alkanes of at least 4 members (excludes halogenated alkanes) is 5. The standard InChI is InChI=1S/C19H29BrN4O4/c1-13(25)28-14(12-20)10-8-6-4-5-7-9-11-15-21-17-16(23(15)2)18(26)22-19(27)24(17)3/h14H,4-12H2,1-3H3,(H,22,26,27). The maximum atomic E-state index is 12.0. The molecule has 2 rings (SSSR count).